The predicted octanol–water partition coefficient (Wildman–Crippen LogP) is 3.05. The summed E-state index contributed by atoms with van der Waals surface area (Å²) in [6, 6.07) is 13.9. The van der Waals surface area contributed by atoms with E-state index >= 15 is 0 Å². The number of aromatic amines is 1. The van der Waals surface area contributed by atoms with Crippen molar-refractivity contribution < 1.29 is 0 Å². The molecule has 4 heterocycles. The molecule has 1 aliphatic carbocycles. The van der Waals surface area contributed by atoms with Crippen LogP contribution in [0.5, 0.6) is 0 Å². The van der Waals surface area contributed by atoms with Gasteiger partial charge >= 0.3 is 0 Å². The Bertz CT molecular complexity index is 1340. The van der Waals surface area contributed by atoms with Crippen LogP contribution in [0.4, 0.5) is 0 Å². The van der Waals surface area contributed by atoms with Gasteiger partial charge in [0.1, 0.15) is 5.82 Å². The topological polar surface area (TPSA) is 71.0 Å². The molecule has 2 aromatic heterocycles. The van der Waals surface area contributed by atoms with E-state index < -0.39 is 0 Å². The largest absolute Gasteiger partial charge is 0.312 e. The minimum absolute atomic E-state index is 0.0152. The first-order valence-electron chi connectivity index (χ1n) is 11.5. The molecule has 6 heteroatoms. The molecule has 2 bridgehead atoms. The number of benzene rings is 1. The summed E-state index contributed by atoms with van der Waals surface area (Å²) in [6.45, 7) is 7.45. The lowest BCUT2D eigenvalue weighted by molar-refractivity contribution is 0.112. The van der Waals surface area contributed by atoms with Gasteiger partial charge < -0.3 is 9.55 Å². The molecule has 6 nitrogen and oxygen atoms in total. The fourth-order valence-corrected chi connectivity index (χ4v) is 6.22. The summed E-state index contributed by atoms with van der Waals surface area (Å²) in [4.78, 5) is 36.0. The number of aromatic nitrogens is 3. The highest BCUT2D eigenvalue weighted by Crippen LogP contribution is 2.40. The molecule has 2 aliphatic heterocycles. The second-order valence-electron chi connectivity index (χ2n) is 10.3. The van der Waals surface area contributed by atoms with Crippen LogP contribution in [0.2, 0.25) is 0 Å². The standard InChI is InChI=1S/C26H28N4O2/c1-26(2)11-17-6-3-4-7-19(17)24-23(26)25(32)28-21(27-24)15-29-12-16-10-18(14-29)20-8-5-9-22(31)30(20)13-16/h3-9,16,18H,10-15H2,1-2H3,(H,27,28,32). The minimum Gasteiger partial charge on any atom is -0.312 e. The zero-order valence-corrected chi connectivity index (χ0v) is 18.6. The molecule has 1 N–H and O–H groups in total. The first-order valence-corrected chi connectivity index (χ1v) is 11.5. The fraction of sp³-hybridized carbons (Fsp3) is 0.423. The Hall–Kier alpha value is -2.99. The molecule has 0 radical (unpaired) electrons. The Labute approximate surface area is 186 Å². The maximum Gasteiger partial charge on any atom is 0.255 e. The van der Waals surface area contributed by atoms with Gasteiger partial charge in [0, 0.05) is 53.9 Å². The molecular weight excluding hydrogens is 400 g/mol. The van der Waals surface area contributed by atoms with E-state index in [0.29, 0.717) is 18.4 Å². The van der Waals surface area contributed by atoms with Gasteiger partial charge in [-0.05, 0) is 30.4 Å². The zero-order valence-electron chi connectivity index (χ0n) is 18.6. The number of nitrogens with zero attached hydrogens (tertiary/aromatic N) is 3. The normalized spacial score (nSPS) is 23.2. The third-order valence-electron chi connectivity index (χ3n) is 7.48. The molecular formula is C26H28N4O2. The van der Waals surface area contributed by atoms with Crippen LogP contribution in [-0.4, -0.2) is 32.5 Å². The van der Waals surface area contributed by atoms with Crippen molar-refractivity contribution in [3.63, 3.8) is 0 Å². The summed E-state index contributed by atoms with van der Waals surface area (Å²) >= 11 is 0. The Kier molecular flexibility index (Phi) is 4.31. The lowest BCUT2D eigenvalue weighted by Gasteiger charge is -2.42. The lowest BCUT2D eigenvalue weighted by Crippen LogP contribution is -2.47. The van der Waals surface area contributed by atoms with Crippen LogP contribution in [0.3, 0.4) is 0 Å². The number of piperidine rings is 1. The molecule has 32 heavy (non-hydrogen) atoms. The van der Waals surface area contributed by atoms with Crippen molar-refractivity contribution in [2.24, 2.45) is 5.92 Å². The molecule has 6 rings (SSSR count). The molecule has 3 aliphatic rings. The SMILES string of the molecule is CC1(C)Cc2ccccc2-c2nc(CN3CC4CC(C3)c3cccc(=O)n3C4)[nH]c(=O)c21. The zero-order chi connectivity index (χ0) is 22.0. The summed E-state index contributed by atoms with van der Waals surface area (Å²) in [5, 5.41) is 0. The van der Waals surface area contributed by atoms with E-state index in [2.05, 4.69) is 48.0 Å². The number of fused-ring (bicyclic) bond motifs is 7. The third-order valence-corrected chi connectivity index (χ3v) is 7.48. The van der Waals surface area contributed by atoms with Crippen LogP contribution < -0.4 is 11.1 Å². The lowest BCUT2D eigenvalue weighted by atomic mass is 9.72. The molecule has 1 saturated heterocycles. The van der Waals surface area contributed by atoms with Gasteiger partial charge in [0.2, 0.25) is 0 Å². The number of rotatable bonds is 2. The molecule has 0 spiro atoms. The van der Waals surface area contributed by atoms with Crippen molar-refractivity contribution in [2.75, 3.05) is 13.1 Å². The summed E-state index contributed by atoms with van der Waals surface area (Å²) in [6.07, 6.45) is 1.96. The van der Waals surface area contributed by atoms with E-state index in [9.17, 15) is 9.59 Å². The monoisotopic (exact) mass is 428 g/mol. The quantitative estimate of drug-likeness (QED) is 0.681. The first kappa shape index (κ1) is 19.7. The predicted molar refractivity (Wildman–Crippen MR) is 124 cm³/mol. The molecule has 2 atom stereocenters. The van der Waals surface area contributed by atoms with Gasteiger partial charge in [0.05, 0.1) is 12.2 Å². The van der Waals surface area contributed by atoms with Gasteiger partial charge in [-0.2, -0.15) is 0 Å². The highest BCUT2D eigenvalue weighted by Gasteiger charge is 2.37. The van der Waals surface area contributed by atoms with Crippen LogP contribution in [0.25, 0.3) is 11.3 Å². The van der Waals surface area contributed by atoms with Crippen molar-refractivity contribution in [1.82, 2.24) is 19.4 Å². The van der Waals surface area contributed by atoms with Crippen molar-refractivity contribution in [1.29, 1.82) is 0 Å². The molecule has 0 saturated carbocycles. The van der Waals surface area contributed by atoms with Gasteiger partial charge in [-0.3, -0.25) is 14.5 Å². The van der Waals surface area contributed by atoms with Gasteiger partial charge in [-0.1, -0.05) is 44.2 Å². The van der Waals surface area contributed by atoms with E-state index in [0.717, 1.165) is 60.8 Å². The van der Waals surface area contributed by atoms with Gasteiger partial charge in [0.25, 0.3) is 11.1 Å². The third kappa shape index (κ3) is 3.08. The van der Waals surface area contributed by atoms with Crippen molar-refractivity contribution in [3.05, 3.63) is 85.8 Å². The summed E-state index contributed by atoms with van der Waals surface area (Å²) in [5.74, 6) is 1.53. The van der Waals surface area contributed by atoms with Crippen LogP contribution in [0.15, 0.2) is 52.1 Å². The molecule has 0 amide bonds. The van der Waals surface area contributed by atoms with Crippen LogP contribution in [0, 0.1) is 5.92 Å². The molecule has 1 fully saturated rings. The fourth-order valence-electron chi connectivity index (χ4n) is 6.22. The Morgan fingerprint density at radius 1 is 1.06 bits per heavy atom. The van der Waals surface area contributed by atoms with E-state index in [4.69, 9.17) is 4.98 Å². The summed E-state index contributed by atoms with van der Waals surface area (Å²) in [5.41, 5.74) is 4.95. The number of nitrogens with one attached hydrogen (secondary N) is 1. The molecule has 3 aromatic rings. The highest BCUT2D eigenvalue weighted by atomic mass is 16.1. The van der Waals surface area contributed by atoms with Crippen LogP contribution in [0.1, 0.15) is 48.8 Å². The van der Waals surface area contributed by atoms with Gasteiger partial charge in [0.15, 0.2) is 0 Å². The Morgan fingerprint density at radius 2 is 1.91 bits per heavy atom. The van der Waals surface area contributed by atoms with E-state index in [1.807, 2.05) is 16.7 Å². The maximum absolute atomic E-state index is 13.2. The Morgan fingerprint density at radius 3 is 2.78 bits per heavy atom. The van der Waals surface area contributed by atoms with Crippen molar-refractivity contribution in [3.8, 4) is 11.3 Å². The Balaban J connectivity index is 1.34. The number of hydrogen-bond donors (Lipinski definition) is 1. The second kappa shape index (κ2) is 7.01. The first-order chi connectivity index (χ1) is 15.4. The average Bonchev–Trinajstić information content (AvgIpc) is 2.73. The average molecular weight is 429 g/mol. The van der Waals surface area contributed by atoms with Crippen molar-refractivity contribution in [2.45, 2.75) is 51.1 Å². The van der Waals surface area contributed by atoms with Crippen LogP contribution >= 0.6 is 0 Å². The molecule has 2 unspecified atom stereocenters. The molecule has 164 valence electrons. The number of hydrogen-bond acceptors (Lipinski definition) is 4. The van der Waals surface area contributed by atoms with Gasteiger partial charge in [-0.25, -0.2) is 4.98 Å². The summed E-state index contributed by atoms with van der Waals surface area (Å²) in [7, 11) is 0. The number of H-pyrrole nitrogens is 1. The smallest absolute Gasteiger partial charge is 0.255 e. The van der Waals surface area contributed by atoms with Gasteiger partial charge in [-0.15, -0.1) is 0 Å². The van der Waals surface area contributed by atoms with Crippen molar-refractivity contribution >= 4 is 0 Å². The van der Waals surface area contributed by atoms with E-state index in [-0.39, 0.29) is 16.5 Å². The van der Waals surface area contributed by atoms with Crippen LogP contribution in [-0.2, 0) is 24.9 Å². The summed E-state index contributed by atoms with van der Waals surface area (Å²) < 4.78 is 1.95. The number of pyridine rings is 1. The molecule has 1 aromatic carbocycles. The highest BCUT2D eigenvalue weighted by molar-refractivity contribution is 5.71. The minimum atomic E-state index is -0.248. The van der Waals surface area contributed by atoms with E-state index in [1.54, 1.807) is 6.07 Å². The number of likely N-dealkylation sites (tertiary alicyclic amines) is 1. The van der Waals surface area contributed by atoms with E-state index in [1.165, 1.54) is 5.56 Å². The maximum atomic E-state index is 13.2. The second-order valence-corrected chi connectivity index (χ2v) is 10.3.